The lowest BCUT2D eigenvalue weighted by molar-refractivity contribution is -0.274. The number of hydrogen-bond acceptors (Lipinski definition) is 4. The van der Waals surface area contributed by atoms with E-state index in [4.69, 9.17) is 4.74 Å². The van der Waals surface area contributed by atoms with Crippen molar-refractivity contribution in [1.82, 2.24) is 9.88 Å². The van der Waals surface area contributed by atoms with Crippen molar-refractivity contribution in [3.63, 3.8) is 0 Å². The highest BCUT2D eigenvalue weighted by atomic mass is 19.4. The molecule has 0 bridgehead atoms. The summed E-state index contributed by atoms with van der Waals surface area (Å²) in [5, 5.41) is 0.989. The van der Waals surface area contributed by atoms with Gasteiger partial charge in [-0.05, 0) is 30.3 Å². The Labute approximate surface area is 171 Å². The number of alkyl halides is 3. The first-order chi connectivity index (χ1) is 14.4. The minimum absolute atomic E-state index is 0.0680. The molecule has 3 aromatic rings. The van der Waals surface area contributed by atoms with Crippen LogP contribution in [0.25, 0.3) is 10.9 Å². The molecule has 2 aromatic carbocycles. The Bertz CT molecular complexity index is 1040. The van der Waals surface area contributed by atoms with Crippen LogP contribution in [0.1, 0.15) is 23.2 Å². The largest absolute Gasteiger partial charge is 0.573 e. The average molecular weight is 416 g/mol. The fourth-order valence-corrected chi connectivity index (χ4v) is 3.54. The quantitative estimate of drug-likeness (QED) is 0.612. The maximum atomic E-state index is 12.7. The predicted octanol–water partition coefficient (Wildman–Crippen LogP) is 4.82. The third-order valence-corrected chi connectivity index (χ3v) is 4.93. The molecule has 1 aromatic heterocycles. The van der Waals surface area contributed by atoms with Gasteiger partial charge in [-0.25, -0.2) is 0 Å². The second-order valence-corrected chi connectivity index (χ2v) is 7.02. The van der Waals surface area contributed by atoms with E-state index in [1.807, 2.05) is 30.3 Å². The lowest BCUT2D eigenvalue weighted by atomic mass is 10.1. The van der Waals surface area contributed by atoms with Crippen molar-refractivity contribution in [2.75, 3.05) is 13.1 Å². The number of likely N-dealkylation sites (tertiary alicyclic amines) is 1. The zero-order valence-corrected chi connectivity index (χ0v) is 15.9. The third kappa shape index (κ3) is 4.64. The van der Waals surface area contributed by atoms with Gasteiger partial charge in [0.2, 0.25) is 0 Å². The summed E-state index contributed by atoms with van der Waals surface area (Å²) in [7, 11) is 0. The summed E-state index contributed by atoms with van der Waals surface area (Å²) in [5.74, 6) is -0.0298. The molecule has 0 aliphatic carbocycles. The van der Waals surface area contributed by atoms with E-state index < -0.39 is 12.1 Å². The highest BCUT2D eigenvalue weighted by Gasteiger charge is 2.31. The first-order valence-electron chi connectivity index (χ1n) is 9.54. The number of aromatic nitrogens is 1. The zero-order chi connectivity index (χ0) is 21.1. The average Bonchev–Trinajstić information content (AvgIpc) is 2.73. The van der Waals surface area contributed by atoms with Gasteiger partial charge < -0.3 is 14.4 Å². The van der Waals surface area contributed by atoms with Gasteiger partial charge in [0.25, 0.3) is 5.91 Å². The highest BCUT2D eigenvalue weighted by Crippen LogP contribution is 2.27. The van der Waals surface area contributed by atoms with Crippen molar-refractivity contribution in [2.24, 2.45) is 0 Å². The van der Waals surface area contributed by atoms with Crippen LogP contribution >= 0.6 is 0 Å². The number of para-hydroxylation sites is 1. The maximum absolute atomic E-state index is 12.7. The lowest BCUT2D eigenvalue weighted by Gasteiger charge is -2.32. The van der Waals surface area contributed by atoms with Crippen LogP contribution in [0.2, 0.25) is 0 Å². The summed E-state index contributed by atoms with van der Waals surface area (Å²) in [5.41, 5.74) is 0.953. The van der Waals surface area contributed by atoms with Gasteiger partial charge >= 0.3 is 6.36 Å². The van der Waals surface area contributed by atoms with Gasteiger partial charge in [-0.1, -0.05) is 24.3 Å². The molecule has 1 amide bonds. The summed E-state index contributed by atoms with van der Waals surface area (Å²) in [4.78, 5) is 18.7. The van der Waals surface area contributed by atoms with Crippen molar-refractivity contribution >= 4 is 16.8 Å². The first kappa shape index (κ1) is 20.0. The number of rotatable bonds is 4. The van der Waals surface area contributed by atoms with Crippen molar-refractivity contribution in [2.45, 2.75) is 25.3 Å². The van der Waals surface area contributed by atoms with Crippen LogP contribution in [0.15, 0.2) is 60.8 Å². The number of ether oxygens (including phenoxy) is 2. The van der Waals surface area contributed by atoms with Gasteiger partial charge in [0.15, 0.2) is 0 Å². The zero-order valence-electron chi connectivity index (χ0n) is 15.9. The Hall–Kier alpha value is -3.29. The van der Waals surface area contributed by atoms with Crippen molar-refractivity contribution in [3.05, 3.63) is 66.4 Å². The van der Waals surface area contributed by atoms with Crippen LogP contribution in [-0.4, -0.2) is 41.3 Å². The van der Waals surface area contributed by atoms with Gasteiger partial charge in [-0.3, -0.25) is 9.78 Å². The number of pyridine rings is 1. The summed E-state index contributed by atoms with van der Waals surface area (Å²) in [6, 6.07) is 14.7. The molecule has 0 atom stereocenters. The molecule has 1 aliphatic heterocycles. The number of fused-ring (bicyclic) bond motifs is 1. The molecule has 0 saturated carbocycles. The highest BCUT2D eigenvalue weighted by molar-refractivity contribution is 5.94. The fourth-order valence-electron chi connectivity index (χ4n) is 3.54. The third-order valence-electron chi connectivity index (χ3n) is 4.93. The number of nitrogens with zero attached hydrogens (tertiary/aromatic N) is 2. The summed E-state index contributed by atoms with van der Waals surface area (Å²) < 4.78 is 47.3. The Balaban J connectivity index is 1.38. The van der Waals surface area contributed by atoms with Crippen LogP contribution in [0.3, 0.4) is 0 Å². The van der Waals surface area contributed by atoms with E-state index in [1.165, 1.54) is 18.2 Å². The van der Waals surface area contributed by atoms with Crippen LogP contribution in [-0.2, 0) is 0 Å². The molecule has 0 unspecified atom stereocenters. The van der Waals surface area contributed by atoms with Crippen molar-refractivity contribution in [3.8, 4) is 11.5 Å². The first-order valence-corrected chi connectivity index (χ1v) is 9.54. The van der Waals surface area contributed by atoms with E-state index in [1.54, 1.807) is 11.1 Å². The molecule has 0 radical (unpaired) electrons. The number of carbonyl (C=O) groups is 1. The van der Waals surface area contributed by atoms with E-state index in [2.05, 4.69) is 9.72 Å². The monoisotopic (exact) mass is 416 g/mol. The maximum Gasteiger partial charge on any atom is 0.573 e. The van der Waals surface area contributed by atoms with Gasteiger partial charge in [0.05, 0.1) is 0 Å². The molecular weight excluding hydrogens is 397 g/mol. The fraction of sp³-hybridized carbons (Fsp3) is 0.273. The number of hydrogen-bond donors (Lipinski definition) is 0. The van der Waals surface area contributed by atoms with Gasteiger partial charge in [-0.2, -0.15) is 0 Å². The van der Waals surface area contributed by atoms with E-state index in [0.717, 1.165) is 17.0 Å². The number of amides is 1. The van der Waals surface area contributed by atoms with Crippen molar-refractivity contribution < 1.29 is 27.4 Å². The van der Waals surface area contributed by atoms with Gasteiger partial charge in [0, 0.05) is 43.1 Å². The summed E-state index contributed by atoms with van der Waals surface area (Å²) in [6.45, 7) is 0.901. The predicted molar refractivity (Wildman–Crippen MR) is 104 cm³/mol. The van der Waals surface area contributed by atoms with E-state index in [9.17, 15) is 18.0 Å². The molecular formula is C22H19F3N2O3. The smallest absolute Gasteiger partial charge is 0.488 e. The normalized spacial score (nSPS) is 15.2. The molecule has 0 spiro atoms. The van der Waals surface area contributed by atoms with E-state index in [-0.39, 0.29) is 17.6 Å². The molecule has 2 heterocycles. The van der Waals surface area contributed by atoms with Crippen LogP contribution in [0, 0.1) is 0 Å². The molecule has 30 heavy (non-hydrogen) atoms. The Morgan fingerprint density at radius 1 is 1.03 bits per heavy atom. The number of halogens is 3. The molecule has 5 nitrogen and oxygen atoms in total. The minimum Gasteiger partial charge on any atom is -0.488 e. The Morgan fingerprint density at radius 2 is 1.77 bits per heavy atom. The molecule has 1 fully saturated rings. The molecule has 1 saturated heterocycles. The van der Waals surface area contributed by atoms with Crippen LogP contribution < -0.4 is 9.47 Å². The second kappa shape index (κ2) is 8.22. The minimum atomic E-state index is -4.80. The molecule has 8 heteroatoms. The van der Waals surface area contributed by atoms with Crippen molar-refractivity contribution in [1.29, 1.82) is 0 Å². The molecule has 4 rings (SSSR count). The molecule has 1 aliphatic rings. The summed E-state index contributed by atoms with van der Waals surface area (Å²) >= 11 is 0. The Morgan fingerprint density at radius 3 is 2.53 bits per heavy atom. The Kier molecular flexibility index (Phi) is 5.48. The number of carbonyl (C=O) groups excluding carboxylic acids is 1. The van der Waals surface area contributed by atoms with Crippen LogP contribution in [0.4, 0.5) is 13.2 Å². The lowest BCUT2D eigenvalue weighted by Crippen LogP contribution is -2.41. The number of benzene rings is 2. The molecule has 156 valence electrons. The van der Waals surface area contributed by atoms with Crippen LogP contribution in [0.5, 0.6) is 11.5 Å². The standard InChI is InChI=1S/C22H19F3N2O3/c23-22(24,25)30-18-7-1-5-16(14-18)21(28)27-12-9-17(10-13-27)29-19-8-2-4-15-6-3-11-26-20(15)19/h1-8,11,14,17H,9-10,12-13H2. The van der Waals surface area contributed by atoms with E-state index >= 15 is 0 Å². The SMILES string of the molecule is O=C(c1cccc(OC(F)(F)F)c1)N1CCC(Oc2cccc3cccnc23)CC1. The summed E-state index contributed by atoms with van der Waals surface area (Å²) in [6.07, 6.45) is -1.91. The second-order valence-electron chi connectivity index (χ2n) is 7.02. The topological polar surface area (TPSA) is 51.7 Å². The number of piperidine rings is 1. The van der Waals surface area contributed by atoms with Gasteiger partial charge in [-0.15, -0.1) is 13.2 Å². The van der Waals surface area contributed by atoms with Gasteiger partial charge in [0.1, 0.15) is 23.1 Å². The van der Waals surface area contributed by atoms with E-state index in [0.29, 0.717) is 31.7 Å². The molecule has 0 N–H and O–H groups in total.